The molecule has 1 amide bonds. The number of hydrogen-bond donors (Lipinski definition) is 0. The lowest BCUT2D eigenvalue weighted by atomic mass is 10.0. The van der Waals surface area contributed by atoms with Gasteiger partial charge in [0.05, 0.1) is 12.8 Å². The molecular weight excluding hydrogens is 350 g/mol. The number of hydrogen-bond acceptors (Lipinski definition) is 4. The predicted octanol–water partition coefficient (Wildman–Crippen LogP) is 3.12. The van der Waals surface area contributed by atoms with E-state index in [0.29, 0.717) is 6.04 Å². The van der Waals surface area contributed by atoms with Gasteiger partial charge in [-0.15, -0.1) is 0 Å². The van der Waals surface area contributed by atoms with Crippen LogP contribution in [0.1, 0.15) is 23.2 Å². The number of para-hydroxylation sites is 2. The number of methoxy groups -OCH3 is 1. The van der Waals surface area contributed by atoms with Crippen LogP contribution in [0.2, 0.25) is 0 Å². The summed E-state index contributed by atoms with van der Waals surface area (Å²) in [7, 11) is 1.74. The van der Waals surface area contributed by atoms with E-state index in [2.05, 4.69) is 21.9 Å². The minimum Gasteiger partial charge on any atom is -0.495 e. The number of carbonyl (C=O) groups excluding carboxylic acids is 1. The molecule has 4 rings (SSSR count). The SMILES string of the molecule is COc1ccccc1N1CCN(C2CCN(C(=O)c3ccccc3)CC2)CC1. The number of anilines is 1. The van der Waals surface area contributed by atoms with Crippen LogP contribution in [0.5, 0.6) is 5.75 Å². The quantitative estimate of drug-likeness (QED) is 0.818. The van der Waals surface area contributed by atoms with Crippen molar-refractivity contribution in [1.29, 1.82) is 0 Å². The predicted molar refractivity (Wildman–Crippen MR) is 112 cm³/mol. The normalized spacial score (nSPS) is 18.9. The zero-order valence-corrected chi connectivity index (χ0v) is 16.6. The summed E-state index contributed by atoms with van der Waals surface area (Å²) in [6.07, 6.45) is 2.13. The van der Waals surface area contributed by atoms with Crippen molar-refractivity contribution in [3.8, 4) is 5.75 Å². The van der Waals surface area contributed by atoms with E-state index in [4.69, 9.17) is 4.74 Å². The molecule has 5 heteroatoms. The van der Waals surface area contributed by atoms with E-state index in [-0.39, 0.29) is 5.91 Å². The van der Waals surface area contributed by atoms with Crippen LogP contribution >= 0.6 is 0 Å². The highest BCUT2D eigenvalue weighted by atomic mass is 16.5. The highest BCUT2D eigenvalue weighted by Crippen LogP contribution is 2.29. The summed E-state index contributed by atoms with van der Waals surface area (Å²) in [4.78, 5) is 19.7. The Morgan fingerprint density at radius 1 is 0.857 bits per heavy atom. The molecule has 2 aliphatic rings. The third kappa shape index (κ3) is 3.99. The maximum atomic E-state index is 12.6. The average Bonchev–Trinajstić information content (AvgIpc) is 2.79. The minimum atomic E-state index is 0.167. The summed E-state index contributed by atoms with van der Waals surface area (Å²) in [5, 5.41) is 0. The van der Waals surface area contributed by atoms with E-state index in [9.17, 15) is 4.79 Å². The van der Waals surface area contributed by atoms with Crippen LogP contribution in [0, 0.1) is 0 Å². The number of rotatable bonds is 4. The third-order valence-electron chi connectivity index (χ3n) is 6.03. The molecule has 0 saturated carbocycles. The van der Waals surface area contributed by atoms with Gasteiger partial charge < -0.3 is 14.5 Å². The molecule has 0 radical (unpaired) electrons. The van der Waals surface area contributed by atoms with Crippen molar-refractivity contribution >= 4 is 11.6 Å². The molecule has 0 atom stereocenters. The first kappa shape index (κ1) is 18.8. The van der Waals surface area contributed by atoms with Gasteiger partial charge in [0.1, 0.15) is 5.75 Å². The van der Waals surface area contributed by atoms with Gasteiger partial charge in [-0.3, -0.25) is 9.69 Å². The first-order valence-electron chi connectivity index (χ1n) is 10.2. The van der Waals surface area contributed by atoms with Crippen molar-refractivity contribution < 1.29 is 9.53 Å². The molecule has 2 aromatic rings. The van der Waals surface area contributed by atoms with Crippen LogP contribution in [-0.4, -0.2) is 68.1 Å². The van der Waals surface area contributed by atoms with Crippen LogP contribution < -0.4 is 9.64 Å². The largest absolute Gasteiger partial charge is 0.495 e. The van der Waals surface area contributed by atoms with Gasteiger partial charge >= 0.3 is 0 Å². The number of nitrogens with zero attached hydrogens (tertiary/aromatic N) is 3. The van der Waals surface area contributed by atoms with Crippen molar-refractivity contribution in [1.82, 2.24) is 9.80 Å². The molecule has 2 aromatic carbocycles. The molecule has 2 aliphatic heterocycles. The second kappa shape index (κ2) is 8.65. The summed E-state index contributed by atoms with van der Waals surface area (Å²) >= 11 is 0. The fourth-order valence-electron chi connectivity index (χ4n) is 4.42. The molecule has 5 nitrogen and oxygen atoms in total. The number of carbonyl (C=O) groups is 1. The van der Waals surface area contributed by atoms with Gasteiger partial charge in [0.25, 0.3) is 5.91 Å². The Bertz CT molecular complexity index is 779. The van der Waals surface area contributed by atoms with Crippen LogP contribution in [0.25, 0.3) is 0 Å². The fourth-order valence-corrected chi connectivity index (χ4v) is 4.42. The molecule has 2 fully saturated rings. The number of piperidine rings is 1. The fraction of sp³-hybridized carbons (Fsp3) is 0.435. The standard InChI is InChI=1S/C23H29N3O2/c1-28-22-10-6-5-9-21(22)25-17-15-24(16-18-25)20-11-13-26(14-12-20)23(27)19-7-3-2-4-8-19/h2-10,20H,11-18H2,1H3. The van der Waals surface area contributed by atoms with Gasteiger partial charge in [0.15, 0.2) is 0 Å². The minimum absolute atomic E-state index is 0.167. The molecule has 2 heterocycles. The summed E-state index contributed by atoms with van der Waals surface area (Å²) in [6, 6.07) is 18.5. The summed E-state index contributed by atoms with van der Waals surface area (Å²) in [5.41, 5.74) is 1.99. The zero-order valence-electron chi connectivity index (χ0n) is 16.6. The zero-order chi connectivity index (χ0) is 19.3. The lowest BCUT2D eigenvalue weighted by Gasteiger charge is -2.43. The van der Waals surface area contributed by atoms with Gasteiger partial charge in [-0.05, 0) is 37.1 Å². The van der Waals surface area contributed by atoms with Gasteiger partial charge in [-0.1, -0.05) is 30.3 Å². The summed E-state index contributed by atoms with van der Waals surface area (Å²) < 4.78 is 5.52. The highest BCUT2D eigenvalue weighted by molar-refractivity contribution is 5.94. The second-order valence-electron chi connectivity index (χ2n) is 7.58. The van der Waals surface area contributed by atoms with Crippen LogP contribution in [0.3, 0.4) is 0 Å². The maximum Gasteiger partial charge on any atom is 0.253 e. The molecule has 0 spiro atoms. The van der Waals surface area contributed by atoms with Crippen molar-refractivity contribution in [3.63, 3.8) is 0 Å². The highest BCUT2D eigenvalue weighted by Gasteiger charge is 2.29. The number of benzene rings is 2. The maximum absolute atomic E-state index is 12.6. The second-order valence-corrected chi connectivity index (χ2v) is 7.58. The van der Waals surface area contributed by atoms with Gasteiger partial charge in [0.2, 0.25) is 0 Å². The number of likely N-dealkylation sites (tertiary alicyclic amines) is 1. The molecule has 148 valence electrons. The Kier molecular flexibility index (Phi) is 5.81. The van der Waals surface area contributed by atoms with Crippen LogP contribution in [-0.2, 0) is 0 Å². The number of amides is 1. The molecule has 28 heavy (non-hydrogen) atoms. The Labute approximate surface area is 167 Å². The lowest BCUT2D eigenvalue weighted by molar-refractivity contribution is 0.0611. The van der Waals surface area contributed by atoms with E-state index >= 15 is 0 Å². The number of ether oxygens (including phenoxy) is 1. The van der Waals surface area contributed by atoms with Gasteiger partial charge in [-0.2, -0.15) is 0 Å². The van der Waals surface area contributed by atoms with E-state index < -0.39 is 0 Å². The first-order chi connectivity index (χ1) is 13.8. The van der Waals surface area contributed by atoms with E-state index in [1.807, 2.05) is 47.4 Å². The Balaban J connectivity index is 1.29. The molecule has 2 saturated heterocycles. The number of piperazine rings is 1. The van der Waals surface area contributed by atoms with Crippen molar-refractivity contribution in [2.45, 2.75) is 18.9 Å². The van der Waals surface area contributed by atoms with Crippen molar-refractivity contribution in [2.75, 3.05) is 51.3 Å². The van der Waals surface area contributed by atoms with E-state index in [1.165, 1.54) is 5.69 Å². The van der Waals surface area contributed by atoms with Crippen molar-refractivity contribution in [3.05, 3.63) is 60.2 Å². The third-order valence-corrected chi connectivity index (χ3v) is 6.03. The topological polar surface area (TPSA) is 36.0 Å². The summed E-state index contributed by atoms with van der Waals surface area (Å²) in [6.45, 7) is 5.87. The van der Waals surface area contributed by atoms with Crippen molar-refractivity contribution in [2.24, 2.45) is 0 Å². The molecule has 0 N–H and O–H groups in total. The average molecular weight is 380 g/mol. The van der Waals surface area contributed by atoms with Crippen LogP contribution in [0.4, 0.5) is 5.69 Å². The first-order valence-corrected chi connectivity index (χ1v) is 10.2. The Morgan fingerprint density at radius 3 is 2.18 bits per heavy atom. The van der Waals surface area contributed by atoms with Gasteiger partial charge in [-0.25, -0.2) is 0 Å². The smallest absolute Gasteiger partial charge is 0.253 e. The molecule has 0 aromatic heterocycles. The molecular formula is C23H29N3O2. The molecule has 0 bridgehead atoms. The monoisotopic (exact) mass is 379 g/mol. The molecule has 0 aliphatic carbocycles. The Morgan fingerprint density at radius 2 is 1.50 bits per heavy atom. The molecule has 0 unspecified atom stereocenters. The lowest BCUT2D eigenvalue weighted by Crippen LogP contribution is -2.53. The summed E-state index contributed by atoms with van der Waals surface area (Å²) in [5.74, 6) is 1.11. The van der Waals surface area contributed by atoms with E-state index in [0.717, 1.165) is 63.4 Å². The van der Waals surface area contributed by atoms with E-state index in [1.54, 1.807) is 7.11 Å². The van der Waals surface area contributed by atoms with Gasteiger partial charge in [0, 0.05) is 50.9 Å². The van der Waals surface area contributed by atoms with Crippen LogP contribution in [0.15, 0.2) is 54.6 Å². The Hall–Kier alpha value is -2.53.